The summed E-state index contributed by atoms with van der Waals surface area (Å²) in [5, 5.41) is 3.85. The first kappa shape index (κ1) is 14.8. The van der Waals surface area contributed by atoms with Gasteiger partial charge in [0.15, 0.2) is 0 Å². The van der Waals surface area contributed by atoms with Crippen molar-refractivity contribution in [1.29, 1.82) is 0 Å². The van der Waals surface area contributed by atoms with Crippen LogP contribution in [-0.2, 0) is 9.53 Å². The van der Waals surface area contributed by atoms with E-state index in [0.717, 1.165) is 11.3 Å². The molecule has 0 fully saturated rings. The third kappa shape index (κ3) is 3.08. The predicted octanol–water partition coefficient (Wildman–Crippen LogP) is 3.47. The molecule has 2 rings (SSSR count). The zero-order valence-electron chi connectivity index (χ0n) is 11.1. The van der Waals surface area contributed by atoms with Gasteiger partial charge in [-0.15, -0.1) is 0 Å². The zero-order chi connectivity index (χ0) is 14.7. The molecule has 0 spiro atoms. The molecule has 0 heterocycles. The molecule has 1 unspecified atom stereocenters. The van der Waals surface area contributed by atoms with Crippen LogP contribution in [0.5, 0.6) is 0 Å². The number of methoxy groups -OCH3 is 1. The fourth-order valence-electron chi connectivity index (χ4n) is 1.91. The van der Waals surface area contributed by atoms with Crippen molar-refractivity contribution in [2.75, 3.05) is 12.4 Å². The Bertz CT molecular complexity index is 622. The Morgan fingerprint density at radius 1 is 1.45 bits per heavy atom. The lowest BCUT2D eigenvalue weighted by molar-refractivity contribution is -0.135. The van der Waals surface area contributed by atoms with Crippen LogP contribution < -0.4 is 5.32 Å². The largest absolute Gasteiger partial charge is 0.465 e. The molecule has 0 saturated heterocycles. The number of anilines is 1. The van der Waals surface area contributed by atoms with Crippen LogP contribution in [-0.4, -0.2) is 24.0 Å². The molecular weight excluding hydrogens is 294 g/mol. The van der Waals surface area contributed by atoms with Gasteiger partial charge in [-0.05, 0) is 30.7 Å². The van der Waals surface area contributed by atoms with Crippen LogP contribution in [0, 0.1) is 6.92 Å². The van der Waals surface area contributed by atoms with Crippen LogP contribution in [0.1, 0.15) is 5.56 Å². The standard InChI is InChI=1S/C15H14ClNO2S/c1-9-6-7-11(16)13(8-9)17-12-5-3-4-10(14(12)20)15(18)19-2/h3-8,12,17H,1-2H3. The molecule has 1 N–H and O–H groups in total. The lowest BCUT2D eigenvalue weighted by atomic mass is 10.00. The van der Waals surface area contributed by atoms with E-state index >= 15 is 0 Å². The smallest absolute Gasteiger partial charge is 0.339 e. The fourth-order valence-corrected chi connectivity index (χ4v) is 2.37. The number of hydrogen-bond donors (Lipinski definition) is 1. The average Bonchev–Trinajstić information content (AvgIpc) is 2.44. The van der Waals surface area contributed by atoms with Crippen molar-refractivity contribution >= 4 is 40.3 Å². The predicted molar refractivity (Wildman–Crippen MR) is 85.4 cm³/mol. The van der Waals surface area contributed by atoms with Crippen molar-refractivity contribution < 1.29 is 9.53 Å². The number of hydrogen-bond acceptors (Lipinski definition) is 4. The molecule has 0 bridgehead atoms. The van der Waals surface area contributed by atoms with E-state index in [0.29, 0.717) is 15.5 Å². The first-order valence-corrected chi connectivity index (χ1v) is 6.85. The number of allylic oxidation sites excluding steroid dienone is 2. The lowest BCUT2D eigenvalue weighted by Crippen LogP contribution is -2.32. The van der Waals surface area contributed by atoms with E-state index in [2.05, 4.69) is 5.32 Å². The van der Waals surface area contributed by atoms with E-state index in [4.69, 9.17) is 28.6 Å². The molecule has 20 heavy (non-hydrogen) atoms. The number of carbonyl (C=O) groups is 1. The number of esters is 1. The minimum atomic E-state index is -0.429. The number of carbonyl (C=O) groups excluding carboxylic acids is 1. The lowest BCUT2D eigenvalue weighted by Gasteiger charge is -2.22. The van der Waals surface area contributed by atoms with Gasteiger partial charge in [0.2, 0.25) is 0 Å². The number of thiocarbonyl (C=S) groups is 1. The summed E-state index contributed by atoms with van der Waals surface area (Å²) in [6.07, 6.45) is 5.32. The van der Waals surface area contributed by atoms with Crippen molar-refractivity contribution in [2.45, 2.75) is 13.0 Å². The quantitative estimate of drug-likeness (QED) is 0.685. The molecule has 0 amide bonds. The minimum Gasteiger partial charge on any atom is -0.465 e. The normalized spacial score (nSPS) is 17.6. The van der Waals surface area contributed by atoms with Gasteiger partial charge in [0.1, 0.15) is 0 Å². The third-order valence-corrected chi connectivity index (χ3v) is 3.76. The summed E-state index contributed by atoms with van der Waals surface area (Å²) in [4.78, 5) is 12.1. The molecule has 0 radical (unpaired) electrons. The number of nitrogens with one attached hydrogen (secondary N) is 1. The van der Waals surface area contributed by atoms with Gasteiger partial charge in [0, 0.05) is 0 Å². The van der Waals surface area contributed by atoms with Crippen LogP contribution in [0.4, 0.5) is 5.69 Å². The molecule has 0 saturated carbocycles. The summed E-state index contributed by atoms with van der Waals surface area (Å²) >= 11 is 11.5. The highest BCUT2D eigenvalue weighted by Crippen LogP contribution is 2.25. The first-order chi connectivity index (χ1) is 9.52. The summed E-state index contributed by atoms with van der Waals surface area (Å²) in [6.45, 7) is 1.98. The first-order valence-electron chi connectivity index (χ1n) is 6.06. The number of halogens is 1. The summed E-state index contributed by atoms with van der Waals surface area (Å²) in [7, 11) is 1.34. The van der Waals surface area contributed by atoms with E-state index in [9.17, 15) is 4.79 Å². The molecule has 104 valence electrons. The third-order valence-electron chi connectivity index (χ3n) is 2.95. The van der Waals surface area contributed by atoms with E-state index < -0.39 is 5.97 Å². The maximum absolute atomic E-state index is 11.6. The Balaban J connectivity index is 2.21. The molecule has 1 aromatic rings. The van der Waals surface area contributed by atoms with Crippen LogP contribution in [0.25, 0.3) is 0 Å². The number of ether oxygens (including phenoxy) is 1. The second-order valence-electron chi connectivity index (χ2n) is 4.43. The Morgan fingerprint density at radius 2 is 2.20 bits per heavy atom. The highest BCUT2D eigenvalue weighted by Gasteiger charge is 2.24. The molecule has 1 atom stereocenters. The number of aryl methyl sites for hydroxylation is 1. The van der Waals surface area contributed by atoms with Crippen molar-refractivity contribution in [3.8, 4) is 0 Å². The van der Waals surface area contributed by atoms with Crippen molar-refractivity contribution in [1.82, 2.24) is 0 Å². The van der Waals surface area contributed by atoms with Gasteiger partial charge in [-0.2, -0.15) is 0 Å². The Labute approximate surface area is 128 Å². The summed E-state index contributed by atoms with van der Waals surface area (Å²) in [6, 6.07) is 5.44. The molecule has 0 aliphatic heterocycles. The molecule has 0 aromatic heterocycles. The van der Waals surface area contributed by atoms with Gasteiger partial charge in [-0.3, -0.25) is 0 Å². The van der Waals surface area contributed by atoms with Gasteiger partial charge in [0.05, 0.1) is 34.3 Å². The van der Waals surface area contributed by atoms with Crippen LogP contribution >= 0.6 is 23.8 Å². The van der Waals surface area contributed by atoms with Gasteiger partial charge in [-0.25, -0.2) is 4.79 Å². The minimum absolute atomic E-state index is 0.261. The van der Waals surface area contributed by atoms with Gasteiger partial charge in [-0.1, -0.05) is 42.0 Å². The van der Waals surface area contributed by atoms with Crippen molar-refractivity contribution in [2.24, 2.45) is 0 Å². The molecule has 3 nitrogen and oxygen atoms in total. The van der Waals surface area contributed by atoms with E-state index in [-0.39, 0.29) is 6.04 Å². The van der Waals surface area contributed by atoms with Crippen LogP contribution in [0.2, 0.25) is 5.02 Å². The van der Waals surface area contributed by atoms with E-state index in [1.807, 2.05) is 31.2 Å². The highest BCUT2D eigenvalue weighted by molar-refractivity contribution is 7.81. The molecular formula is C15H14ClNO2S. The van der Waals surface area contributed by atoms with Crippen molar-refractivity contribution in [3.63, 3.8) is 0 Å². The summed E-state index contributed by atoms with van der Waals surface area (Å²) < 4.78 is 4.72. The maximum Gasteiger partial charge on any atom is 0.339 e. The van der Waals surface area contributed by atoms with Crippen LogP contribution in [0.15, 0.2) is 42.0 Å². The summed E-state index contributed by atoms with van der Waals surface area (Å²) in [5.74, 6) is -0.429. The van der Waals surface area contributed by atoms with Gasteiger partial charge < -0.3 is 10.1 Å². The highest BCUT2D eigenvalue weighted by atomic mass is 35.5. The monoisotopic (exact) mass is 307 g/mol. The molecule has 5 heteroatoms. The second kappa shape index (κ2) is 6.20. The Hall–Kier alpha value is -1.65. The number of rotatable bonds is 3. The molecule has 1 aliphatic carbocycles. The fraction of sp³-hybridized carbons (Fsp3) is 0.200. The average molecular weight is 308 g/mol. The van der Waals surface area contributed by atoms with Crippen molar-refractivity contribution in [3.05, 3.63) is 52.6 Å². The summed E-state index contributed by atoms with van der Waals surface area (Å²) in [5.41, 5.74) is 2.27. The SMILES string of the molecule is COC(=O)C1=CC=CC(Nc2cc(C)ccc2Cl)C1=S. The number of benzene rings is 1. The second-order valence-corrected chi connectivity index (χ2v) is 5.27. The topological polar surface area (TPSA) is 38.3 Å². The van der Waals surface area contributed by atoms with Crippen LogP contribution in [0.3, 0.4) is 0 Å². The maximum atomic E-state index is 11.6. The zero-order valence-corrected chi connectivity index (χ0v) is 12.7. The van der Waals surface area contributed by atoms with Gasteiger partial charge >= 0.3 is 5.97 Å². The van der Waals surface area contributed by atoms with E-state index in [1.54, 1.807) is 12.2 Å². The Kier molecular flexibility index (Phi) is 4.57. The van der Waals surface area contributed by atoms with Gasteiger partial charge in [0.25, 0.3) is 0 Å². The molecule has 1 aromatic carbocycles. The Morgan fingerprint density at radius 3 is 2.90 bits per heavy atom. The molecule has 1 aliphatic rings. The van der Waals surface area contributed by atoms with E-state index in [1.165, 1.54) is 7.11 Å².